The van der Waals surface area contributed by atoms with Gasteiger partial charge < -0.3 is 0 Å². The van der Waals surface area contributed by atoms with Crippen LogP contribution in [0, 0.1) is 0 Å². The van der Waals surface area contributed by atoms with Gasteiger partial charge in [-0.25, -0.2) is 8.78 Å². The summed E-state index contributed by atoms with van der Waals surface area (Å²) in [4.78, 5) is 0.0953. The number of rotatable bonds is 4. The van der Waals surface area contributed by atoms with Gasteiger partial charge in [-0.1, -0.05) is 18.2 Å². The third-order valence-electron chi connectivity index (χ3n) is 3.00. The molecule has 0 saturated heterocycles. The standard InChI is InChI=1S/C12H8F6O3S2/c13-9-6-7-10(14,12(17,18)11(9,15)16)23(19,20)21-22-8-4-2-1-3-5-8/h1-7,9H. The van der Waals surface area contributed by atoms with Crippen LogP contribution in [0.1, 0.15) is 0 Å². The van der Waals surface area contributed by atoms with Gasteiger partial charge in [-0.15, -0.1) is 0 Å². The van der Waals surface area contributed by atoms with Gasteiger partial charge in [0.25, 0.3) is 0 Å². The Morgan fingerprint density at radius 1 is 1.04 bits per heavy atom. The first-order valence-electron chi connectivity index (χ1n) is 5.89. The Labute approximate surface area is 131 Å². The van der Waals surface area contributed by atoms with Crippen molar-refractivity contribution in [2.45, 2.75) is 27.9 Å². The molecule has 1 aromatic carbocycles. The summed E-state index contributed by atoms with van der Waals surface area (Å²) < 4.78 is 108. The highest BCUT2D eigenvalue weighted by molar-refractivity contribution is 8.05. The molecule has 0 aromatic heterocycles. The van der Waals surface area contributed by atoms with Crippen molar-refractivity contribution in [3.05, 3.63) is 42.5 Å². The first-order chi connectivity index (χ1) is 10.5. The summed E-state index contributed by atoms with van der Waals surface area (Å²) in [6.45, 7) is 0. The summed E-state index contributed by atoms with van der Waals surface area (Å²) in [6, 6.07) is 7.06. The van der Waals surface area contributed by atoms with E-state index in [0.717, 1.165) is 0 Å². The van der Waals surface area contributed by atoms with Crippen LogP contribution in [0.4, 0.5) is 26.3 Å². The maximum absolute atomic E-state index is 14.3. The van der Waals surface area contributed by atoms with Crippen molar-refractivity contribution < 1.29 is 38.4 Å². The minimum absolute atomic E-state index is 0.0126. The molecule has 0 N–H and O–H groups in total. The van der Waals surface area contributed by atoms with Gasteiger partial charge in [0, 0.05) is 16.9 Å². The number of allylic oxidation sites excluding steroid dienone is 1. The van der Waals surface area contributed by atoms with E-state index < -0.39 is 39.2 Å². The zero-order valence-corrected chi connectivity index (χ0v) is 12.6. The molecule has 0 heterocycles. The first-order valence-corrected chi connectivity index (χ1v) is 8.04. The van der Waals surface area contributed by atoms with Crippen LogP contribution in [0.2, 0.25) is 0 Å². The number of alkyl halides is 6. The minimum atomic E-state index is -5.87. The molecule has 23 heavy (non-hydrogen) atoms. The normalized spacial score (nSPS) is 29.4. The van der Waals surface area contributed by atoms with Crippen LogP contribution < -0.4 is 0 Å². The average molecular weight is 378 g/mol. The molecule has 0 aliphatic heterocycles. The number of hydrogen-bond donors (Lipinski definition) is 0. The third kappa shape index (κ3) is 2.74. The Morgan fingerprint density at radius 3 is 2.17 bits per heavy atom. The fourth-order valence-electron chi connectivity index (χ4n) is 1.68. The van der Waals surface area contributed by atoms with Gasteiger partial charge >= 0.3 is 27.0 Å². The zero-order valence-electron chi connectivity index (χ0n) is 10.9. The molecule has 11 heteroatoms. The predicted molar refractivity (Wildman–Crippen MR) is 70.1 cm³/mol. The van der Waals surface area contributed by atoms with E-state index in [9.17, 15) is 34.8 Å². The van der Waals surface area contributed by atoms with Crippen molar-refractivity contribution in [1.82, 2.24) is 0 Å². The lowest BCUT2D eigenvalue weighted by Crippen LogP contribution is -2.64. The third-order valence-corrected chi connectivity index (χ3v) is 5.57. The SMILES string of the molecule is O=S(=O)(OSc1ccccc1)C1(F)C=CC(F)C(F)(F)C1(F)F. The lowest BCUT2D eigenvalue weighted by Gasteiger charge is -2.38. The van der Waals surface area contributed by atoms with E-state index in [1.807, 2.05) is 0 Å². The van der Waals surface area contributed by atoms with E-state index in [4.69, 9.17) is 0 Å². The van der Waals surface area contributed by atoms with Crippen molar-refractivity contribution >= 4 is 22.2 Å². The molecular weight excluding hydrogens is 370 g/mol. The molecule has 0 fully saturated rings. The second kappa shape index (κ2) is 5.71. The van der Waals surface area contributed by atoms with Crippen LogP contribution in [-0.4, -0.2) is 31.4 Å². The molecule has 0 spiro atoms. The molecule has 128 valence electrons. The molecule has 0 radical (unpaired) electrons. The summed E-state index contributed by atoms with van der Waals surface area (Å²) >= 11 is -0.0126. The van der Waals surface area contributed by atoms with Gasteiger partial charge in [0.1, 0.15) is 0 Å². The van der Waals surface area contributed by atoms with E-state index in [-0.39, 0.29) is 23.0 Å². The van der Waals surface area contributed by atoms with Crippen LogP contribution in [-0.2, 0) is 13.7 Å². The first kappa shape index (κ1) is 18.1. The van der Waals surface area contributed by atoms with Crippen molar-refractivity contribution in [2.24, 2.45) is 0 Å². The molecule has 3 nitrogen and oxygen atoms in total. The lowest BCUT2D eigenvalue weighted by atomic mass is 9.95. The predicted octanol–water partition coefficient (Wildman–Crippen LogP) is 3.88. The Morgan fingerprint density at radius 2 is 1.61 bits per heavy atom. The monoisotopic (exact) mass is 378 g/mol. The Bertz CT molecular complexity index is 707. The van der Waals surface area contributed by atoms with Crippen LogP contribution >= 0.6 is 12.0 Å². The largest absolute Gasteiger partial charge is 0.367 e. The summed E-state index contributed by atoms with van der Waals surface area (Å²) in [7, 11) is -5.87. The van der Waals surface area contributed by atoms with Crippen molar-refractivity contribution in [3.8, 4) is 0 Å². The second-order valence-corrected chi connectivity index (χ2v) is 7.21. The van der Waals surface area contributed by atoms with Crippen LogP contribution in [0.25, 0.3) is 0 Å². The second-order valence-electron chi connectivity index (χ2n) is 4.52. The molecule has 1 aliphatic carbocycles. The smallest absolute Gasteiger partial charge is 0.236 e. The van der Waals surface area contributed by atoms with Crippen LogP contribution in [0.15, 0.2) is 47.4 Å². The van der Waals surface area contributed by atoms with Crippen molar-refractivity contribution in [3.63, 3.8) is 0 Å². The molecule has 0 saturated carbocycles. The lowest BCUT2D eigenvalue weighted by molar-refractivity contribution is -0.264. The molecule has 0 amide bonds. The van der Waals surface area contributed by atoms with Gasteiger partial charge in [-0.05, 0) is 24.3 Å². The highest BCUT2D eigenvalue weighted by atomic mass is 32.3. The van der Waals surface area contributed by atoms with Crippen molar-refractivity contribution in [2.75, 3.05) is 0 Å². The molecule has 2 unspecified atom stereocenters. The van der Waals surface area contributed by atoms with Gasteiger partial charge in [-0.2, -0.15) is 29.6 Å². The minimum Gasteiger partial charge on any atom is -0.236 e. The number of benzene rings is 1. The van der Waals surface area contributed by atoms with Gasteiger partial charge in [-0.3, -0.25) is 0 Å². The van der Waals surface area contributed by atoms with E-state index in [1.165, 1.54) is 24.3 Å². The maximum atomic E-state index is 14.3. The summed E-state index contributed by atoms with van der Waals surface area (Å²) in [6.07, 6.45) is -4.26. The van der Waals surface area contributed by atoms with Crippen LogP contribution in [0.3, 0.4) is 0 Å². The molecular formula is C12H8F6O3S2. The molecule has 1 aromatic rings. The molecule has 0 bridgehead atoms. The van der Waals surface area contributed by atoms with E-state index in [1.54, 1.807) is 6.07 Å². The van der Waals surface area contributed by atoms with E-state index in [2.05, 4.69) is 3.63 Å². The highest BCUT2D eigenvalue weighted by Gasteiger charge is 2.79. The number of halogens is 6. The Kier molecular flexibility index (Phi) is 4.50. The van der Waals surface area contributed by atoms with Crippen LogP contribution in [0.5, 0.6) is 0 Å². The fourth-order valence-corrected chi connectivity index (χ4v) is 3.72. The maximum Gasteiger partial charge on any atom is 0.367 e. The average Bonchev–Trinajstić information content (AvgIpc) is 2.49. The Hall–Kier alpha value is -1.20. The summed E-state index contributed by atoms with van der Waals surface area (Å²) in [5.41, 5.74) is 0. The van der Waals surface area contributed by atoms with Gasteiger partial charge in [0.05, 0.1) is 0 Å². The topological polar surface area (TPSA) is 43.4 Å². The number of hydrogen-bond acceptors (Lipinski definition) is 4. The fraction of sp³-hybridized carbons (Fsp3) is 0.333. The van der Waals surface area contributed by atoms with E-state index >= 15 is 0 Å². The van der Waals surface area contributed by atoms with E-state index in [0.29, 0.717) is 0 Å². The summed E-state index contributed by atoms with van der Waals surface area (Å²) in [5, 5.41) is -4.91. The molecule has 2 atom stereocenters. The molecule has 1 aliphatic rings. The Balaban J connectivity index is 2.36. The van der Waals surface area contributed by atoms with Gasteiger partial charge in [0.15, 0.2) is 6.17 Å². The molecule has 2 rings (SSSR count). The summed E-state index contributed by atoms with van der Waals surface area (Å²) in [5.74, 6) is -11.4. The zero-order chi connectivity index (χ0) is 17.5. The quantitative estimate of drug-likeness (QED) is 0.453. The highest BCUT2D eigenvalue weighted by Crippen LogP contribution is 2.54. The van der Waals surface area contributed by atoms with Gasteiger partial charge in [0.2, 0.25) is 0 Å². The van der Waals surface area contributed by atoms with Crippen molar-refractivity contribution in [1.29, 1.82) is 0 Å².